The number of rotatable bonds is 4. The van der Waals surface area contributed by atoms with Crippen LogP contribution in [0.1, 0.15) is 24.0 Å². The molecule has 1 aromatic rings. The number of hydrogen-bond acceptors (Lipinski definition) is 3. The fraction of sp³-hybridized carbons (Fsp3) is 0.471. The smallest absolute Gasteiger partial charge is 0.226 e. The van der Waals surface area contributed by atoms with Crippen molar-refractivity contribution in [1.29, 1.82) is 0 Å². The maximum atomic E-state index is 12.3. The molecule has 1 unspecified atom stereocenters. The molecule has 1 aliphatic rings. The van der Waals surface area contributed by atoms with Gasteiger partial charge in [-0.25, -0.2) is 0 Å². The number of aliphatic hydroxyl groups excluding tert-OH is 1. The van der Waals surface area contributed by atoms with Crippen LogP contribution in [0.2, 0.25) is 0 Å². The van der Waals surface area contributed by atoms with Gasteiger partial charge in [0.1, 0.15) is 0 Å². The van der Waals surface area contributed by atoms with Gasteiger partial charge >= 0.3 is 0 Å². The van der Waals surface area contributed by atoms with Crippen LogP contribution in [0.5, 0.6) is 0 Å². The Balaban J connectivity index is 1.90. The Morgan fingerprint density at radius 3 is 2.81 bits per heavy atom. The van der Waals surface area contributed by atoms with Gasteiger partial charge in [0, 0.05) is 37.2 Å². The van der Waals surface area contributed by atoms with Gasteiger partial charge < -0.3 is 10.0 Å². The molecule has 112 valence electrons. The van der Waals surface area contributed by atoms with Gasteiger partial charge in [0.15, 0.2) is 0 Å². The van der Waals surface area contributed by atoms with E-state index in [1.54, 1.807) is 0 Å². The highest BCUT2D eigenvalue weighted by Gasteiger charge is 2.25. The summed E-state index contributed by atoms with van der Waals surface area (Å²) >= 11 is 1.87. The van der Waals surface area contributed by atoms with Gasteiger partial charge in [0.25, 0.3) is 0 Å². The highest BCUT2D eigenvalue weighted by Crippen LogP contribution is 2.25. The standard InChI is InChI=1S/C17H21NO2S/c1-18(17(20)16-9-11-21-13-16)12-15-7-5-14(6-8-15)4-2-3-10-19/h5-8,16,19H,3,9-13H2,1H3. The van der Waals surface area contributed by atoms with Gasteiger partial charge in [-0.3, -0.25) is 4.79 Å². The number of aliphatic hydroxyl groups is 1. The minimum atomic E-state index is 0.0947. The topological polar surface area (TPSA) is 40.5 Å². The fourth-order valence-corrected chi connectivity index (χ4v) is 3.52. The Morgan fingerprint density at radius 1 is 1.43 bits per heavy atom. The maximum Gasteiger partial charge on any atom is 0.226 e. The zero-order valence-electron chi connectivity index (χ0n) is 12.3. The van der Waals surface area contributed by atoms with Crippen molar-refractivity contribution in [2.45, 2.75) is 19.4 Å². The number of amides is 1. The molecule has 1 atom stereocenters. The molecule has 0 aliphatic carbocycles. The molecular weight excluding hydrogens is 282 g/mol. The molecule has 3 nitrogen and oxygen atoms in total. The minimum Gasteiger partial charge on any atom is -0.395 e. The molecule has 1 aliphatic heterocycles. The lowest BCUT2D eigenvalue weighted by atomic mass is 10.1. The SMILES string of the molecule is CN(Cc1ccc(C#CCCO)cc1)C(=O)C1CCSC1. The van der Waals surface area contributed by atoms with Crippen LogP contribution < -0.4 is 0 Å². The molecule has 1 fully saturated rings. The Bertz CT molecular complexity index is 524. The van der Waals surface area contributed by atoms with Crippen LogP contribution >= 0.6 is 11.8 Å². The van der Waals surface area contributed by atoms with E-state index < -0.39 is 0 Å². The van der Waals surface area contributed by atoms with E-state index in [2.05, 4.69) is 11.8 Å². The van der Waals surface area contributed by atoms with Crippen molar-refractivity contribution in [2.75, 3.05) is 25.2 Å². The average Bonchev–Trinajstić information content (AvgIpc) is 3.02. The molecule has 1 saturated heterocycles. The van der Waals surface area contributed by atoms with Gasteiger partial charge in [-0.1, -0.05) is 24.0 Å². The summed E-state index contributed by atoms with van der Waals surface area (Å²) in [6, 6.07) is 7.94. The highest BCUT2D eigenvalue weighted by molar-refractivity contribution is 7.99. The first-order valence-corrected chi connectivity index (χ1v) is 8.37. The summed E-state index contributed by atoms with van der Waals surface area (Å²) in [6.45, 7) is 0.738. The highest BCUT2D eigenvalue weighted by atomic mass is 32.2. The van der Waals surface area contributed by atoms with Crippen molar-refractivity contribution in [2.24, 2.45) is 5.92 Å². The second-order valence-corrected chi connectivity index (χ2v) is 6.38. The lowest BCUT2D eigenvalue weighted by Crippen LogP contribution is -2.32. The molecule has 21 heavy (non-hydrogen) atoms. The zero-order chi connectivity index (χ0) is 15.1. The lowest BCUT2D eigenvalue weighted by Gasteiger charge is -2.20. The Morgan fingerprint density at radius 2 is 2.19 bits per heavy atom. The molecule has 1 N–H and O–H groups in total. The van der Waals surface area contributed by atoms with E-state index in [0.29, 0.717) is 13.0 Å². The molecule has 2 rings (SSSR count). The van der Waals surface area contributed by atoms with Crippen molar-refractivity contribution >= 4 is 17.7 Å². The van der Waals surface area contributed by atoms with Gasteiger partial charge in [0.05, 0.1) is 6.61 Å². The molecule has 0 radical (unpaired) electrons. The minimum absolute atomic E-state index is 0.0947. The zero-order valence-corrected chi connectivity index (χ0v) is 13.2. The van der Waals surface area contributed by atoms with Crippen LogP contribution in [-0.2, 0) is 11.3 Å². The van der Waals surface area contributed by atoms with Crippen LogP contribution in [0.4, 0.5) is 0 Å². The summed E-state index contributed by atoms with van der Waals surface area (Å²) in [7, 11) is 1.88. The predicted molar refractivity (Wildman–Crippen MR) is 86.9 cm³/mol. The van der Waals surface area contributed by atoms with Crippen LogP contribution in [0.3, 0.4) is 0 Å². The largest absolute Gasteiger partial charge is 0.395 e. The third kappa shape index (κ3) is 4.80. The molecule has 1 heterocycles. The third-order valence-electron chi connectivity index (χ3n) is 3.50. The average molecular weight is 303 g/mol. The normalized spacial score (nSPS) is 17.1. The van der Waals surface area contributed by atoms with Gasteiger partial charge in [0.2, 0.25) is 5.91 Å². The van der Waals surface area contributed by atoms with E-state index in [1.165, 1.54) is 0 Å². The predicted octanol–water partition coefficient (Wildman–Crippen LogP) is 2.13. The fourth-order valence-electron chi connectivity index (χ4n) is 2.31. The van der Waals surface area contributed by atoms with Crippen molar-refractivity contribution in [1.82, 2.24) is 4.90 Å². The van der Waals surface area contributed by atoms with Crippen LogP contribution in [0.15, 0.2) is 24.3 Å². The Hall–Kier alpha value is -1.44. The first kappa shape index (κ1) is 15.9. The van der Waals surface area contributed by atoms with Crippen LogP contribution in [-0.4, -0.2) is 41.1 Å². The molecule has 1 amide bonds. The van der Waals surface area contributed by atoms with E-state index >= 15 is 0 Å². The van der Waals surface area contributed by atoms with E-state index in [1.807, 2.05) is 48.0 Å². The van der Waals surface area contributed by atoms with Gasteiger partial charge in [-0.2, -0.15) is 11.8 Å². The molecule has 0 bridgehead atoms. The second-order valence-electron chi connectivity index (χ2n) is 5.23. The molecule has 0 spiro atoms. The van der Waals surface area contributed by atoms with E-state index in [4.69, 9.17) is 5.11 Å². The lowest BCUT2D eigenvalue weighted by molar-refractivity contribution is -0.133. The monoisotopic (exact) mass is 303 g/mol. The molecule has 0 saturated carbocycles. The third-order valence-corrected chi connectivity index (χ3v) is 4.66. The quantitative estimate of drug-likeness (QED) is 0.866. The van der Waals surface area contributed by atoms with Crippen molar-refractivity contribution in [3.05, 3.63) is 35.4 Å². The number of nitrogens with zero attached hydrogens (tertiary/aromatic N) is 1. The Kier molecular flexibility index (Phi) is 6.16. The molecular formula is C17H21NO2S. The number of thioether (sulfide) groups is 1. The van der Waals surface area contributed by atoms with Crippen LogP contribution in [0, 0.1) is 17.8 Å². The van der Waals surface area contributed by atoms with Crippen molar-refractivity contribution < 1.29 is 9.90 Å². The van der Waals surface area contributed by atoms with Gasteiger partial charge in [-0.05, 0) is 29.9 Å². The van der Waals surface area contributed by atoms with Crippen molar-refractivity contribution in [3.8, 4) is 11.8 Å². The summed E-state index contributed by atoms with van der Waals surface area (Å²) in [6.07, 6.45) is 1.51. The maximum absolute atomic E-state index is 12.3. The first-order chi connectivity index (χ1) is 10.2. The number of hydrogen-bond donors (Lipinski definition) is 1. The Labute approximate surface area is 130 Å². The summed E-state index contributed by atoms with van der Waals surface area (Å²) in [5, 5.41) is 8.69. The van der Waals surface area contributed by atoms with E-state index in [-0.39, 0.29) is 18.4 Å². The van der Waals surface area contributed by atoms with Crippen LogP contribution in [0.25, 0.3) is 0 Å². The number of carbonyl (C=O) groups is 1. The molecule has 4 heteroatoms. The summed E-state index contributed by atoms with van der Waals surface area (Å²) in [5.41, 5.74) is 2.05. The summed E-state index contributed by atoms with van der Waals surface area (Å²) in [4.78, 5) is 14.1. The molecule has 0 aromatic heterocycles. The second kappa shape index (κ2) is 8.11. The summed E-state index contributed by atoms with van der Waals surface area (Å²) < 4.78 is 0. The molecule has 1 aromatic carbocycles. The van der Waals surface area contributed by atoms with Crippen molar-refractivity contribution in [3.63, 3.8) is 0 Å². The van der Waals surface area contributed by atoms with E-state index in [0.717, 1.165) is 29.1 Å². The summed E-state index contributed by atoms with van der Waals surface area (Å²) in [5.74, 6) is 8.42. The number of benzene rings is 1. The number of carbonyl (C=O) groups excluding carboxylic acids is 1. The van der Waals surface area contributed by atoms with Gasteiger partial charge in [-0.15, -0.1) is 0 Å². The van der Waals surface area contributed by atoms with E-state index in [9.17, 15) is 4.79 Å². The first-order valence-electron chi connectivity index (χ1n) is 7.22.